The van der Waals surface area contributed by atoms with Crippen molar-refractivity contribution in [2.24, 2.45) is 0 Å². The fourth-order valence-corrected chi connectivity index (χ4v) is 1.14. The molecule has 4 heteroatoms. The second-order valence-electron chi connectivity index (χ2n) is 3.07. The predicted octanol–water partition coefficient (Wildman–Crippen LogP) is 1.14. The molecule has 74 valence electrons. The van der Waals surface area contributed by atoms with Crippen LogP contribution in [-0.4, -0.2) is 22.7 Å². The largest absolute Gasteiger partial charge is 0.396 e. The second kappa shape index (κ2) is 5.20. The van der Waals surface area contributed by atoms with Crippen molar-refractivity contribution >= 4 is 5.69 Å². The fraction of sp³-hybridized carbons (Fsp3) is 0.400. The summed E-state index contributed by atoms with van der Waals surface area (Å²) in [5.41, 5.74) is 1.10. The number of nitriles is 1. The Bertz CT molecular complexity index is 332. The molecule has 1 atom stereocenters. The van der Waals surface area contributed by atoms with Gasteiger partial charge >= 0.3 is 0 Å². The first-order valence-electron chi connectivity index (χ1n) is 4.50. The Morgan fingerprint density at radius 3 is 3.14 bits per heavy atom. The molecule has 14 heavy (non-hydrogen) atoms. The fourth-order valence-electron chi connectivity index (χ4n) is 1.14. The van der Waals surface area contributed by atoms with Crippen molar-refractivity contribution in [3.05, 3.63) is 24.0 Å². The highest BCUT2D eigenvalue weighted by atomic mass is 16.3. The Hall–Kier alpha value is -1.60. The van der Waals surface area contributed by atoms with Gasteiger partial charge in [-0.15, -0.1) is 0 Å². The van der Waals surface area contributed by atoms with Gasteiger partial charge in [-0.25, -0.2) is 4.98 Å². The van der Waals surface area contributed by atoms with Gasteiger partial charge in [0.2, 0.25) is 0 Å². The first kappa shape index (κ1) is 10.5. The number of aliphatic hydroxyl groups is 1. The van der Waals surface area contributed by atoms with Crippen molar-refractivity contribution in [2.45, 2.75) is 19.4 Å². The summed E-state index contributed by atoms with van der Waals surface area (Å²) in [6, 6.07) is 5.72. The number of pyridine rings is 1. The molecule has 1 heterocycles. The third-order valence-electron chi connectivity index (χ3n) is 1.88. The average Bonchev–Trinajstić information content (AvgIpc) is 2.19. The van der Waals surface area contributed by atoms with Gasteiger partial charge in [0, 0.05) is 18.8 Å². The van der Waals surface area contributed by atoms with Crippen molar-refractivity contribution < 1.29 is 5.11 Å². The molecule has 0 aromatic carbocycles. The first-order chi connectivity index (χ1) is 6.77. The molecule has 0 spiro atoms. The summed E-state index contributed by atoms with van der Waals surface area (Å²) in [6.07, 6.45) is 2.24. The summed E-state index contributed by atoms with van der Waals surface area (Å²) in [7, 11) is 0. The van der Waals surface area contributed by atoms with E-state index in [-0.39, 0.29) is 12.6 Å². The summed E-state index contributed by atoms with van der Waals surface area (Å²) in [5, 5.41) is 20.6. The third kappa shape index (κ3) is 2.71. The molecular weight excluding hydrogens is 178 g/mol. The molecule has 0 saturated carbocycles. The summed E-state index contributed by atoms with van der Waals surface area (Å²) in [4.78, 5) is 3.92. The average molecular weight is 191 g/mol. The monoisotopic (exact) mass is 191 g/mol. The van der Waals surface area contributed by atoms with Gasteiger partial charge in [-0.05, 0) is 25.5 Å². The lowest BCUT2D eigenvalue weighted by atomic mass is 10.2. The number of aliphatic hydroxyl groups excluding tert-OH is 1. The van der Waals surface area contributed by atoms with Gasteiger partial charge in [0.05, 0.1) is 5.69 Å². The molecule has 0 amide bonds. The van der Waals surface area contributed by atoms with E-state index >= 15 is 0 Å². The van der Waals surface area contributed by atoms with Gasteiger partial charge in [-0.3, -0.25) is 0 Å². The molecule has 0 radical (unpaired) electrons. The number of hydrogen-bond acceptors (Lipinski definition) is 4. The molecule has 4 nitrogen and oxygen atoms in total. The maximum absolute atomic E-state index is 8.76. The Morgan fingerprint density at radius 1 is 1.71 bits per heavy atom. The zero-order chi connectivity index (χ0) is 10.4. The van der Waals surface area contributed by atoms with E-state index in [0.717, 1.165) is 5.69 Å². The highest BCUT2D eigenvalue weighted by Crippen LogP contribution is 2.12. The van der Waals surface area contributed by atoms with Crippen molar-refractivity contribution in [3.8, 4) is 6.07 Å². The zero-order valence-electron chi connectivity index (χ0n) is 8.07. The van der Waals surface area contributed by atoms with E-state index in [1.165, 1.54) is 0 Å². The van der Waals surface area contributed by atoms with Crippen LogP contribution in [0.15, 0.2) is 18.3 Å². The third-order valence-corrected chi connectivity index (χ3v) is 1.88. The smallest absolute Gasteiger partial charge is 0.163 e. The van der Waals surface area contributed by atoms with E-state index in [4.69, 9.17) is 10.4 Å². The van der Waals surface area contributed by atoms with Crippen LogP contribution in [0.1, 0.15) is 19.0 Å². The van der Waals surface area contributed by atoms with Crippen LogP contribution in [0, 0.1) is 11.3 Å². The molecule has 1 unspecified atom stereocenters. The van der Waals surface area contributed by atoms with Crippen molar-refractivity contribution in [1.82, 2.24) is 4.98 Å². The predicted molar refractivity (Wildman–Crippen MR) is 53.7 cm³/mol. The molecule has 0 aliphatic heterocycles. The molecule has 0 fully saturated rings. The van der Waals surface area contributed by atoms with Crippen LogP contribution >= 0.6 is 0 Å². The van der Waals surface area contributed by atoms with Crippen LogP contribution in [-0.2, 0) is 0 Å². The maximum Gasteiger partial charge on any atom is 0.163 e. The summed E-state index contributed by atoms with van der Waals surface area (Å²) < 4.78 is 0. The molecule has 0 saturated heterocycles. The highest BCUT2D eigenvalue weighted by Gasteiger charge is 2.05. The molecule has 0 aliphatic rings. The van der Waals surface area contributed by atoms with Crippen LogP contribution in [0.25, 0.3) is 0 Å². The maximum atomic E-state index is 8.76. The lowest BCUT2D eigenvalue weighted by molar-refractivity contribution is 0.282. The summed E-state index contributed by atoms with van der Waals surface area (Å²) in [6.45, 7) is 2.08. The van der Waals surface area contributed by atoms with Gasteiger partial charge in [0.1, 0.15) is 6.07 Å². The molecule has 0 aliphatic carbocycles. The quantitative estimate of drug-likeness (QED) is 0.748. The zero-order valence-corrected chi connectivity index (χ0v) is 8.07. The standard InChI is InChI=1S/C10H13N3O/c1-8(4-6-14)13-9-3-2-5-12-10(9)7-11/h2-3,5,8,13-14H,4,6H2,1H3. The van der Waals surface area contributed by atoms with E-state index in [0.29, 0.717) is 12.1 Å². The van der Waals surface area contributed by atoms with Crippen LogP contribution in [0.5, 0.6) is 0 Å². The minimum absolute atomic E-state index is 0.135. The Labute approximate surface area is 83.2 Å². The minimum Gasteiger partial charge on any atom is -0.396 e. The van der Waals surface area contributed by atoms with Crippen molar-refractivity contribution in [2.75, 3.05) is 11.9 Å². The lowest BCUT2D eigenvalue weighted by Crippen LogP contribution is -2.17. The number of aromatic nitrogens is 1. The topological polar surface area (TPSA) is 68.9 Å². The second-order valence-corrected chi connectivity index (χ2v) is 3.07. The number of hydrogen-bond donors (Lipinski definition) is 2. The number of nitrogens with one attached hydrogen (secondary N) is 1. The SMILES string of the molecule is CC(CCO)Nc1cccnc1C#N. The van der Waals surface area contributed by atoms with Gasteiger partial charge in [-0.1, -0.05) is 0 Å². The summed E-state index contributed by atoms with van der Waals surface area (Å²) in [5.74, 6) is 0. The number of nitrogens with zero attached hydrogens (tertiary/aromatic N) is 2. The van der Waals surface area contributed by atoms with E-state index in [2.05, 4.69) is 10.3 Å². The van der Waals surface area contributed by atoms with Gasteiger partial charge in [0.25, 0.3) is 0 Å². The molecule has 1 aromatic rings. The van der Waals surface area contributed by atoms with Gasteiger partial charge < -0.3 is 10.4 Å². The van der Waals surface area contributed by atoms with Crippen molar-refractivity contribution in [3.63, 3.8) is 0 Å². The molecule has 0 bridgehead atoms. The van der Waals surface area contributed by atoms with Gasteiger partial charge in [0.15, 0.2) is 5.69 Å². The molecular formula is C10H13N3O. The molecule has 1 aromatic heterocycles. The summed E-state index contributed by atoms with van der Waals surface area (Å²) >= 11 is 0. The first-order valence-corrected chi connectivity index (χ1v) is 4.50. The lowest BCUT2D eigenvalue weighted by Gasteiger charge is -2.13. The van der Waals surface area contributed by atoms with Gasteiger partial charge in [-0.2, -0.15) is 5.26 Å². The van der Waals surface area contributed by atoms with E-state index in [1.807, 2.05) is 13.0 Å². The van der Waals surface area contributed by atoms with E-state index in [9.17, 15) is 0 Å². The Balaban J connectivity index is 2.71. The van der Waals surface area contributed by atoms with E-state index < -0.39 is 0 Å². The molecule has 1 rings (SSSR count). The van der Waals surface area contributed by atoms with Crippen LogP contribution in [0.2, 0.25) is 0 Å². The Morgan fingerprint density at radius 2 is 2.50 bits per heavy atom. The normalized spacial score (nSPS) is 11.8. The molecule has 2 N–H and O–H groups in total. The number of rotatable bonds is 4. The van der Waals surface area contributed by atoms with Crippen LogP contribution in [0.3, 0.4) is 0 Å². The highest BCUT2D eigenvalue weighted by molar-refractivity contribution is 5.53. The van der Waals surface area contributed by atoms with Crippen molar-refractivity contribution in [1.29, 1.82) is 5.26 Å². The van der Waals surface area contributed by atoms with Crippen LogP contribution < -0.4 is 5.32 Å². The van der Waals surface area contributed by atoms with E-state index in [1.54, 1.807) is 18.3 Å². The Kier molecular flexibility index (Phi) is 3.89. The number of anilines is 1. The minimum atomic E-state index is 0.135. The van der Waals surface area contributed by atoms with Crippen LogP contribution in [0.4, 0.5) is 5.69 Å².